The van der Waals surface area contributed by atoms with Crippen LogP contribution in [0.1, 0.15) is 22.3 Å². The van der Waals surface area contributed by atoms with E-state index in [0.29, 0.717) is 30.6 Å². The SMILES string of the molecule is NC(=O)c1ccc(F)c(CN2CC[C@@H](O)C2)c1. The average molecular weight is 238 g/mol. The smallest absolute Gasteiger partial charge is 0.248 e. The van der Waals surface area contributed by atoms with Gasteiger partial charge >= 0.3 is 0 Å². The minimum absolute atomic E-state index is 0.307. The van der Waals surface area contributed by atoms with E-state index in [1.165, 1.54) is 18.2 Å². The molecule has 1 saturated heterocycles. The number of hydrogen-bond acceptors (Lipinski definition) is 3. The fourth-order valence-corrected chi connectivity index (χ4v) is 2.05. The number of aliphatic hydroxyl groups excluding tert-OH is 1. The lowest BCUT2D eigenvalue weighted by Gasteiger charge is -2.15. The first-order chi connectivity index (χ1) is 8.06. The van der Waals surface area contributed by atoms with E-state index in [1.807, 2.05) is 4.90 Å². The number of halogens is 1. The van der Waals surface area contributed by atoms with Crippen LogP contribution in [0.4, 0.5) is 4.39 Å². The van der Waals surface area contributed by atoms with Crippen molar-refractivity contribution in [1.82, 2.24) is 4.90 Å². The molecule has 1 fully saturated rings. The van der Waals surface area contributed by atoms with Crippen molar-refractivity contribution >= 4 is 5.91 Å². The minimum atomic E-state index is -0.562. The van der Waals surface area contributed by atoms with Crippen molar-refractivity contribution in [3.63, 3.8) is 0 Å². The molecular formula is C12H15FN2O2. The molecule has 1 aliphatic heterocycles. The molecule has 0 spiro atoms. The summed E-state index contributed by atoms with van der Waals surface area (Å²) in [4.78, 5) is 13.0. The second-order valence-electron chi connectivity index (χ2n) is 4.35. The van der Waals surface area contributed by atoms with Crippen LogP contribution >= 0.6 is 0 Å². The Morgan fingerprint density at radius 3 is 2.94 bits per heavy atom. The monoisotopic (exact) mass is 238 g/mol. The van der Waals surface area contributed by atoms with E-state index < -0.39 is 5.91 Å². The summed E-state index contributed by atoms with van der Waals surface area (Å²) in [6.45, 7) is 1.67. The van der Waals surface area contributed by atoms with Gasteiger partial charge in [-0.3, -0.25) is 9.69 Å². The summed E-state index contributed by atoms with van der Waals surface area (Å²) < 4.78 is 13.5. The number of rotatable bonds is 3. The quantitative estimate of drug-likeness (QED) is 0.805. The van der Waals surface area contributed by atoms with Gasteiger partial charge in [0.05, 0.1) is 6.10 Å². The van der Waals surface area contributed by atoms with Gasteiger partial charge in [0, 0.05) is 30.8 Å². The standard InChI is InChI=1S/C12H15FN2O2/c13-11-2-1-8(12(14)17)5-9(11)6-15-4-3-10(16)7-15/h1-2,5,10,16H,3-4,6-7H2,(H2,14,17)/t10-/m1/s1. The molecule has 1 aromatic carbocycles. The number of carbonyl (C=O) groups excluding carboxylic acids is 1. The highest BCUT2D eigenvalue weighted by molar-refractivity contribution is 5.92. The number of aliphatic hydroxyl groups is 1. The lowest BCUT2D eigenvalue weighted by molar-refractivity contribution is 0.1000. The van der Waals surface area contributed by atoms with Crippen LogP contribution in [0.15, 0.2) is 18.2 Å². The van der Waals surface area contributed by atoms with Gasteiger partial charge < -0.3 is 10.8 Å². The number of hydrogen-bond donors (Lipinski definition) is 2. The zero-order valence-electron chi connectivity index (χ0n) is 9.40. The van der Waals surface area contributed by atoms with Crippen molar-refractivity contribution in [3.8, 4) is 0 Å². The molecule has 3 N–H and O–H groups in total. The van der Waals surface area contributed by atoms with Crippen molar-refractivity contribution in [3.05, 3.63) is 35.1 Å². The normalized spacial score (nSPS) is 20.7. The first kappa shape index (κ1) is 12.0. The second kappa shape index (κ2) is 4.81. The number of primary amides is 1. The molecule has 1 amide bonds. The third-order valence-corrected chi connectivity index (χ3v) is 2.97. The zero-order valence-corrected chi connectivity index (χ0v) is 9.40. The highest BCUT2D eigenvalue weighted by Gasteiger charge is 2.21. The lowest BCUT2D eigenvalue weighted by atomic mass is 10.1. The predicted octanol–water partition coefficient (Wildman–Crippen LogP) is 0.491. The third kappa shape index (κ3) is 2.81. The van der Waals surface area contributed by atoms with Gasteiger partial charge in [-0.25, -0.2) is 4.39 Å². The molecule has 2 rings (SSSR count). The molecule has 1 aromatic rings. The number of β-amino-alcohol motifs (C(OH)–C–C–N with tert-alkyl or cyclic N) is 1. The molecule has 0 unspecified atom stereocenters. The molecule has 5 heteroatoms. The highest BCUT2D eigenvalue weighted by Crippen LogP contribution is 2.17. The fraction of sp³-hybridized carbons (Fsp3) is 0.417. The summed E-state index contributed by atoms with van der Waals surface area (Å²) in [5.41, 5.74) is 5.89. The maximum Gasteiger partial charge on any atom is 0.248 e. The zero-order chi connectivity index (χ0) is 12.4. The van der Waals surface area contributed by atoms with Crippen molar-refractivity contribution in [2.24, 2.45) is 5.73 Å². The van der Waals surface area contributed by atoms with E-state index in [1.54, 1.807) is 0 Å². The molecule has 17 heavy (non-hydrogen) atoms. The van der Waals surface area contributed by atoms with Crippen LogP contribution in [0.5, 0.6) is 0 Å². The van der Waals surface area contributed by atoms with E-state index in [2.05, 4.69) is 0 Å². The van der Waals surface area contributed by atoms with Crippen LogP contribution in [-0.2, 0) is 6.54 Å². The Hall–Kier alpha value is -1.46. The number of likely N-dealkylation sites (tertiary alicyclic amines) is 1. The summed E-state index contributed by atoms with van der Waals surface area (Å²) in [6, 6.07) is 4.10. The summed E-state index contributed by atoms with van der Waals surface area (Å²) in [7, 11) is 0. The Kier molecular flexibility index (Phi) is 3.40. The molecule has 0 aliphatic carbocycles. The summed E-state index contributed by atoms with van der Waals surface area (Å²) in [5.74, 6) is -0.913. The summed E-state index contributed by atoms with van der Waals surface area (Å²) >= 11 is 0. The molecule has 1 aliphatic rings. The van der Waals surface area contributed by atoms with Gasteiger partial charge in [-0.2, -0.15) is 0 Å². The Morgan fingerprint density at radius 1 is 1.59 bits per heavy atom. The highest BCUT2D eigenvalue weighted by atomic mass is 19.1. The van der Waals surface area contributed by atoms with Crippen LogP contribution in [0.25, 0.3) is 0 Å². The van der Waals surface area contributed by atoms with E-state index in [4.69, 9.17) is 5.73 Å². The maximum atomic E-state index is 13.5. The van der Waals surface area contributed by atoms with E-state index >= 15 is 0 Å². The van der Waals surface area contributed by atoms with Crippen LogP contribution in [-0.4, -0.2) is 35.1 Å². The molecule has 0 radical (unpaired) electrons. The Bertz CT molecular complexity index is 437. The first-order valence-electron chi connectivity index (χ1n) is 5.55. The molecule has 0 aromatic heterocycles. The van der Waals surface area contributed by atoms with Gasteiger partial charge in [-0.05, 0) is 24.6 Å². The maximum absolute atomic E-state index is 13.5. The van der Waals surface area contributed by atoms with Gasteiger partial charge in [0.15, 0.2) is 0 Å². The van der Waals surface area contributed by atoms with E-state index in [0.717, 1.165) is 6.54 Å². The first-order valence-corrected chi connectivity index (χ1v) is 5.55. The summed E-state index contributed by atoms with van der Waals surface area (Å²) in [6.07, 6.45) is 0.370. The number of amides is 1. The molecule has 92 valence electrons. The Morgan fingerprint density at radius 2 is 2.35 bits per heavy atom. The van der Waals surface area contributed by atoms with E-state index in [-0.39, 0.29) is 11.9 Å². The molecule has 0 saturated carbocycles. The van der Waals surface area contributed by atoms with Gasteiger partial charge in [-0.1, -0.05) is 0 Å². The van der Waals surface area contributed by atoms with Crippen LogP contribution in [0.2, 0.25) is 0 Å². The molecule has 1 heterocycles. The van der Waals surface area contributed by atoms with Gasteiger partial charge in [0.1, 0.15) is 5.82 Å². The largest absolute Gasteiger partial charge is 0.392 e. The van der Waals surface area contributed by atoms with Crippen molar-refractivity contribution in [1.29, 1.82) is 0 Å². The Balaban J connectivity index is 2.14. The number of nitrogens with two attached hydrogens (primary N) is 1. The predicted molar refractivity (Wildman–Crippen MR) is 60.8 cm³/mol. The minimum Gasteiger partial charge on any atom is -0.392 e. The van der Waals surface area contributed by atoms with Crippen LogP contribution < -0.4 is 5.73 Å². The average Bonchev–Trinajstić information content (AvgIpc) is 2.67. The number of benzene rings is 1. The number of carbonyl (C=O) groups is 1. The van der Waals surface area contributed by atoms with Gasteiger partial charge in [0.2, 0.25) is 5.91 Å². The van der Waals surface area contributed by atoms with Crippen LogP contribution in [0.3, 0.4) is 0 Å². The fourth-order valence-electron chi connectivity index (χ4n) is 2.05. The number of nitrogens with zero attached hydrogens (tertiary/aromatic N) is 1. The second-order valence-corrected chi connectivity index (χ2v) is 4.35. The molecule has 1 atom stereocenters. The van der Waals surface area contributed by atoms with Gasteiger partial charge in [-0.15, -0.1) is 0 Å². The van der Waals surface area contributed by atoms with E-state index in [9.17, 15) is 14.3 Å². The lowest BCUT2D eigenvalue weighted by Crippen LogP contribution is -2.22. The molecular weight excluding hydrogens is 223 g/mol. The third-order valence-electron chi connectivity index (χ3n) is 2.97. The molecule has 4 nitrogen and oxygen atoms in total. The Labute approximate surface area is 98.8 Å². The van der Waals surface area contributed by atoms with Crippen LogP contribution in [0, 0.1) is 5.82 Å². The van der Waals surface area contributed by atoms with Gasteiger partial charge in [0.25, 0.3) is 0 Å². The summed E-state index contributed by atoms with van der Waals surface area (Å²) in [5, 5.41) is 9.38. The van der Waals surface area contributed by atoms with Crippen molar-refractivity contribution in [2.75, 3.05) is 13.1 Å². The topological polar surface area (TPSA) is 66.6 Å². The van der Waals surface area contributed by atoms with Crippen molar-refractivity contribution in [2.45, 2.75) is 19.1 Å². The van der Waals surface area contributed by atoms with Crippen molar-refractivity contribution < 1.29 is 14.3 Å². The molecule has 0 bridgehead atoms.